The largest absolute Gasteiger partial charge is 0.466 e. The molecule has 0 bridgehead atoms. The van der Waals surface area contributed by atoms with Crippen molar-refractivity contribution in [2.45, 2.75) is 12.8 Å². The Morgan fingerprint density at radius 2 is 2.33 bits per heavy atom. The Bertz CT molecular complexity index is 352. The van der Waals surface area contributed by atoms with Gasteiger partial charge in [0.25, 0.3) is 0 Å². The smallest absolute Gasteiger partial charge is 0.330 e. The number of Topliss-reactive ketones (excluding diaryl/α,β-unsaturated/α-hetero) is 1. The van der Waals surface area contributed by atoms with Gasteiger partial charge in [-0.15, -0.1) is 0 Å². The SMILES string of the molecule is COC(=O)/C=C/CCC(=O)c1cc[nH]c1. The van der Waals surface area contributed by atoms with Crippen molar-refractivity contribution in [2.24, 2.45) is 0 Å². The fourth-order valence-electron chi connectivity index (χ4n) is 1.10. The lowest BCUT2D eigenvalue weighted by atomic mass is 10.1. The summed E-state index contributed by atoms with van der Waals surface area (Å²) in [4.78, 5) is 25.0. The van der Waals surface area contributed by atoms with Gasteiger partial charge in [-0.3, -0.25) is 4.79 Å². The van der Waals surface area contributed by atoms with Crippen molar-refractivity contribution in [2.75, 3.05) is 7.11 Å². The van der Waals surface area contributed by atoms with Crippen LogP contribution in [0.2, 0.25) is 0 Å². The fraction of sp³-hybridized carbons (Fsp3) is 0.273. The van der Waals surface area contributed by atoms with Crippen molar-refractivity contribution in [1.29, 1.82) is 0 Å². The number of ether oxygens (including phenoxy) is 1. The topological polar surface area (TPSA) is 59.2 Å². The van der Waals surface area contributed by atoms with Gasteiger partial charge in [0.1, 0.15) is 0 Å². The minimum atomic E-state index is -0.399. The molecule has 0 amide bonds. The molecule has 1 aromatic rings. The summed E-state index contributed by atoms with van der Waals surface area (Å²) in [6.45, 7) is 0. The molecule has 0 fully saturated rings. The van der Waals surface area contributed by atoms with E-state index < -0.39 is 5.97 Å². The van der Waals surface area contributed by atoms with Gasteiger partial charge >= 0.3 is 5.97 Å². The standard InChI is InChI=1S/C11H13NO3/c1-15-11(14)5-3-2-4-10(13)9-6-7-12-8-9/h3,5-8,12H,2,4H2,1H3/b5-3+. The van der Waals surface area contributed by atoms with Crippen molar-refractivity contribution >= 4 is 11.8 Å². The minimum Gasteiger partial charge on any atom is -0.466 e. The number of esters is 1. The highest BCUT2D eigenvalue weighted by Gasteiger charge is 2.03. The van der Waals surface area contributed by atoms with Crippen LogP contribution in [-0.4, -0.2) is 23.8 Å². The molecule has 0 aliphatic rings. The van der Waals surface area contributed by atoms with Gasteiger partial charge in [0.15, 0.2) is 5.78 Å². The first kappa shape index (κ1) is 11.2. The second-order valence-corrected chi connectivity index (χ2v) is 2.99. The molecule has 0 aliphatic carbocycles. The molecule has 0 radical (unpaired) electrons. The van der Waals surface area contributed by atoms with E-state index in [4.69, 9.17) is 0 Å². The summed E-state index contributed by atoms with van der Waals surface area (Å²) in [6, 6.07) is 1.73. The van der Waals surface area contributed by atoms with E-state index in [-0.39, 0.29) is 5.78 Å². The molecule has 0 aromatic carbocycles. The van der Waals surface area contributed by atoms with E-state index in [0.717, 1.165) is 0 Å². The fourth-order valence-corrected chi connectivity index (χ4v) is 1.10. The summed E-state index contributed by atoms with van der Waals surface area (Å²) in [5.74, 6) is -0.338. The van der Waals surface area contributed by atoms with Crippen LogP contribution in [0.3, 0.4) is 0 Å². The molecule has 4 nitrogen and oxygen atoms in total. The number of hydrogen-bond acceptors (Lipinski definition) is 3. The van der Waals surface area contributed by atoms with Crippen LogP contribution in [0.4, 0.5) is 0 Å². The molecule has 80 valence electrons. The maximum Gasteiger partial charge on any atom is 0.330 e. The minimum absolute atomic E-state index is 0.0609. The number of aromatic nitrogens is 1. The molecule has 1 rings (SSSR count). The Morgan fingerprint density at radius 1 is 1.53 bits per heavy atom. The average molecular weight is 207 g/mol. The summed E-state index contributed by atoms with van der Waals surface area (Å²) >= 11 is 0. The van der Waals surface area contributed by atoms with Gasteiger partial charge in [0.2, 0.25) is 0 Å². The zero-order valence-electron chi connectivity index (χ0n) is 8.53. The van der Waals surface area contributed by atoms with Crippen molar-refractivity contribution in [3.8, 4) is 0 Å². The van der Waals surface area contributed by atoms with Crippen LogP contribution < -0.4 is 0 Å². The van der Waals surface area contributed by atoms with Gasteiger partial charge in [0, 0.05) is 30.5 Å². The summed E-state index contributed by atoms with van der Waals surface area (Å²) in [5, 5.41) is 0. The van der Waals surface area contributed by atoms with Crippen LogP contribution in [0.1, 0.15) is 23.2 Å². The van der Waals surface area contributed by atoms with Crippen molar-refractivity contribution in [1.82, 2.24) is 4.98 Å². The van der Waals surface area contributed by atoms with Crippen molar-refractivity contribution in [3.05, 3.63) is 36.2 Å². The molecule has 0 unspecified atom stereocenters. The monoisotopic (exact) mass is 207 g/mol. The number of rotatable bonds is 5. The Morgan fingerprint density at radius 3 is 2.93 bits per heavy atom. The molecular weight excluding hydrogens is 194 g/mol. The third-order valence-electron chi connectivity index (χ3n) is 1.91. The normalized spacial score (nSPS) is 10.5. The number of carbonyl (C=O) groups excluding carboxylic acids is 2. The lowest BCUT2D eigenvalue weighted by molar-refractivity contribution is -0.134. The second kappa shape index (κ2) is 5.80. The van der Waals surface area contributed by atoms with Gasteiger partial charge in [-0.2, -0.15) is 0 Å². The number of carbonyl (C=O) groups is 2. The Kier molecular flexibility index (Phi) is 4.34. The molecule has 0 atom stereocenters. The molecular formula is C11H13NO3. The van der Waals surface area contributed by atoms with E-state index in [1.165, 1.54) is 13.2 Å². The average Bonchev–Trinajstić information content (AvgIpc) is 2.77. The van der Waals surface area contributed by atoms with Crippen molar-refractivity contribution < 1.29 is 14.3 Å². The quantitative estimate of drug-likeness (QED) is 0.454. The van der Waals surface area contributed by atoms with Crippen LogP contribution >= 0.6 is 0 Å². The first-order valence-electron chi connectivity index (χ1n) is 4.64. The van der Waals surface area contributed by atoms with Crippen LogP contribution in [0.25, 0.3) is 0 Å². The Balaban J connectivity index is 2.30. The molecule has 0 spiro atoms. The van der Waals surface area contributed by atoms with Gasteiger partial charge in [-0.1, -0.05) is 6.08 Å². The summed E-state index contributed by atoms with van der Waals surface area (Å²) in [7, 11) is 1.32. The molecule has 4 heteroatoms. The first-order chi connectivity index (χ1) is 7.24. The highest BCUT2D eigenvalue weighted by atomic mass is 16.5. The number of nitrogens with one attached hydrogen (secondary N) is 1. The number of ketones is 1. The predicted molar refractivity (Wildman–Crippen MR) is 55.5 cm³/mol. The van der Waals surface area contributed by atoms with E-state index in [1.807, 2.05) is 0 Å². The first-order valence-corrected chi connectivity index (χ1v) is 4.64. The number of methoxy groups -OCH3 is 1. The third kappa shape index (κ3) is 3.81. The van der Waals surface area contributed by atoms with Gasteiger partial charge < -0.3 is 9.72 Å². The number of hydrogen-bond donors (Lipinski definition) is 1. The van der Waals surface area contributed by atoms with E-state index in [0.29, 0.717) is 18.4 Å². The zero-order chi connectivity index (χ0) is 11.1. The van der Waals surface area contributed by atoms with Gasteiger partial charge in [0.05, 0.1) is 7.11 Å². The zero-order valence-corrected chi connectivity index (χ0v) is 8.53. The number of aromatic amines is 1. The molecule has 15 heavy (non-hydrogen) atoms. The highest BCUT2D eigenvalue weighted by molar-refractivity contribution is 5.95. The molecule has 0 saturated heterocycles. The molecule has 1 aromatic heterocycles. The highest BCUT2D eigenvalue weighted by Crippen LogP contribution is 2.04. The summed E-state index contributed by atoms with van der Waals surface area (Å²) in [6.07, 6.45) is 7.26. The van der Waals surface area contributed by atoms with Crippen molar-refractivity contribution in [3.63, 3.8) is 0 Å². The molecule has 0 aliphatic heterocycles. The van der Waals surface area contributed by atoms with Crippen LogP contribution in [-0.2, 0) is 9.53 Å². The van der Waals surface area contributed by atoms with E-state index in [2.05, 4.69) is 9.72 Å². The van der Waals surface area contributed by atoms with E-state index in [1.54, 1.807) is 24.5 Å². The van der Waals surface area contributed by atoms with Crippen LogP contribution in [0.15, 0.2) is 30.6 Å². The summed E-state index contributed by atoms with van der Waals surface area (Å²) in [5.41, 5.74) is 0.668. The van der Waals surface area contributed by atoms with E-state index >= 15 is 0 Å². The lowest BCUT2D eigenvalue weighted by Crippen LogP contribution is -1.97. The van der Waals surface area contributed by atoms with E-state index in [9.17, 15) is 9.59 Å². The van der Waals surface area contributed by atoms with Crippen LogP contribution in [0, 0.1) is 0 Å². The van der Waals surface area contributed by atoms with Gasteiger partial charge in [-0.05, 0) is 12.5 Å². The molecule has 0 saturated carbocycles. The van der Waals surface area contributed by atoms with Gasteiger partial charge in [-0.25, -0.2) is 4.79 Å². The lowest BCUT2D eigenvalue weighted by Gasteiger charge is -1.93. The molecule has 1 heterocycles. The molecule has 1 N–H and O–H groups in total. The predicted octanol–water partition coefficient (Wildman–Crippen LogP) is 1.71. The number of allylic oxidation sites excluding steroid dienone is 1. The maximum atomic E-state index is 11.4. The second-order valence-electron chi connectivity index (χ2n) is 2.99. The third-order valence-corrected chi connectivity index (χ3v) is 1.91. The van der Waals surface area contributed by atoms with Crippen LogP contribution in [0.5, 0.6) is 0 Å². The maximum absolute atomic E-state index is 11.4. The summed E-state index contributed by atoms with van der Waals surface area (Å²) < 4.78 is 4.41. The Labute approximate surface area is 87.9 Å². The Hall–Kier alpha value is -1.84. The number of H-pyrrole nitrogens is 1.